The lowest BCUT2D eigenvalue weighted by atomic mass is 10.0. The predicted octanol–water partition coefficient (Wildman–Crippen LogP) is 5.45. The molecule has 0 saturated heterocycles. The molecule has 0 aliphatic heterocycles. The molecule has 0 unspecified atom stereocenters. The Balaban J connectivity index is 1.68. The van der Waals surface area contributed by atoms with E-state index in [1.807, 2.05) is 0 Å². The predicted molar refractivity (Wildman–Crippen MR) is 86.0 cm³/mol. The molecular formula is C16H23FN2S. The lowest BCUT2D eigenvalue weighted by Crippen LogP contribution is -2.00. The number of hydrogen-bond donors (Lipinski definition) is 1. The second-order valence-electron chi connectivity index (χ2n) is 5.65. The molecule has 0 bridgehead atoms. The molecule has 0 amide bonds. The molecule has 0 aliphatic carbocycles. The molecule has 2 nitrogen and oxygen atoms in total. The molecule has 110 valence electrons. The van der Waals surface area contributed by atoms with Gasteiger partial charge in [-0.05, 0) is 24.5 Å². The molecule has 0 aliphatic rings. The molecule has 1 heterocycles. The summed E-state index contributed by atoms with van der Waals surface area (Å²) in [6.07, 6.45) is 6.40. The van der Waals surface area contributed by atoms with E-state index in [4.69, 9.17) is 0 Å². The molecular weight excluding hydrogens is 271 g/mol. The van der Waals surface area contributed by atoms with Crippen LogP contribution in [0.5, 0.6) is 0 Å². The average Bonchev–Trinajstić information content (AvgIpc) is 2.79. The van der Waals surface area contributed by atoms with E-state index in [1.165, 1.54) is 44.2 Å². The molecule has 0 fully saturated rings. The van der Waals surface area contributed by atoms with Crippen molar-refractivity contribution in [3.8, 4) is 0 Å². The first kappa shape index (κ1) is 15.2. The Morgan fingerprint density at radius 3 is 2.80 bits per heavy atom. The summed E-state index contributed by atoms with van der Waals surface area (Å²) in [6, 6.07) is 4.77. The van der Waals surface area contributed by atoms with E-state index < -0.39 is 0 Å². The van der Waals surface area contributed by atoms with Gasteiger partial charge >= 0.3 is 0 Å². The topological polar surface area (TPSA) is 24.9 Å². The molecule has 0 atom stereocenters. The third-order valence-corrected chi connectivity index (χ3v) is 4.33. The molecule has 1 N–H and O–H groups in total. The second-order valence-corrected chi connectivity index (χ2v) is 6.69. The monoisotopic (exact) mass is 294 g/mol. The van der Waals surface area contributed by atoms with Crippen molar-refractivity contribution in [3.05, 3.63) is 24.0 Å². The average molecular weight is 294 g/mol. The van der Waals surface area contributed by atoms with Gasteiger partial charge in [-0.1, -0.05) is 50.9 Å². The van der Waals surface area contributed by atoms with Crippen LogP contribution in [0.15, 0.2) is 18.2 Å². The fourth-order valence-electron chi connectivity index (χ4n) is 2.20. The molecule has 2 aromatic rings. The SMILES string of the molecule is CC(C)CCCCCCNc1nc2cc(F)ccc2s1. The van der Waals surface area contributed by atoms with Gasteiger partial charge < -0.3 is 5.32 Å². The number of rotatable bonds is 8. The second kappa shape index (κ2) is 7.58. The Morgan fingerprint density at radius 1 is 1.20 bits per heavy atom. The highest BCUT2D eigenvalue weighted by molar-refractivity contribution is 7.22. The molecule has 2 rings (SSSR count). The zero-order valence-corrected chi connectivity index (χ0v) is 13.1. The van der Waals surface area contributed by atoms with E-state index in [1.54, 1.807) is 17.4 Å². The van der Waals surface area contributed by atoms with Crippen LogP contribution in [0.2, 0.25) is 0 Å². The lowest BCUT2D eigenvalue weighted by molar-refractivity contribution is 0.523. The van der Waals surface area contributed by atoms with E-state index in [9.17, 15) is 4.39 Å². The highest BCUT2D eigenvalue weighted by atomic mass is 32.1. The van der Waals surface area contributed by atoms with Crippen LogP contribution >= 0.6 is 11.3 Å². The van der Waals surface area contributed by atoms with Crippen LogP contribution in [0, 0.1) is 11.7 Å². The minimum Gasteiger partial charge on any atom is -0.361 e. The van der Waals surface area contributed by atoms with Gasteiger partial charge in [0, 0.05) is 12.6 Å². The maximum absolute atomic E-state index is 13.1. The minimum atomic E-state index is -0.223. The number of anilines is 1. The third kappa shape index (κ3) is 4.75. The number of nitrogens with one attached hydrogen (secondary N) is 1. The molecule has 0 spiro atoms. The first-order chi connectivity index (χ1) is 9.65. The number of aromatic nitrogens is 1. The Labute approximate surface area is 124 Å². The zero-order chi connectivity index (χ0) is 14.4. The van der Waals surface area contributed by atoms with Crippen molar-refractivity contribution < 1.29 is 4.39 Å². The number of unbranched alkanes of at least 4 members (excludes halogenated alkanes) is 3. The van der Waals surface area contributed by atoms with Crippen LogP contribution < -0.4 is 5.32 Å². The van der Waals surface area contributed by atoms with Crippen LogP contribution in [-0.2, 0) is 0 Å². The van der Waals surface area contributed by atoms with Crippen molar-refractivity contribution in [1.29, 1.82) is 0 Å². The van der Waals surface area contributed by atoms with Crippen molar-refractivity contribution in [2.45, 2.75) is 46.0 Å². The van der Waals surface area contributed by atoms with Gasteiger partial charge in [-0.25, -0.2) is 9.37 Å². The fourth-order valence-corrected chi connectivity index (χ4v) is 3.07. The van der Waals surface area contributed by atoms with Crippen LogP contribution in [-0.4, -0.2) is 11.5 Å². The van der Waals surface area contributed by atoms with Crippen molar-refractivity contribution in [3.63, 3.8) is 0 Å². The van der Waals surface area contributed by atoms with Crippen molar-refractivity contribution in [1.82, 2.24) is 4.98 Å². The molecule has 4 heteroatoms. The summed E-state index contributed by atoms with van der Waals surface area (Å²) < 4.78 is 14.1. The number of thiazole rings is 1. The smallest absolute Gasteiger partial charge is 0.183 e. The van der Waals surface area contributed by atoms with E-state index in [-0.39, 0.29) is 5.82 Å². The fraction of sp³-hybridized carbons (Fsp3) is 0.562. The van der Waals surface area contributed by atoms with Gasteiger partial charge in [0.2, 0.25) is 0 Å². The maximum Gasteiger partial charge on any atom is 0.183 e. The van der Waals surface area contributed by atoms with Gasteiger partial charge in [0.15, 0.2) is 5.13 Å². The van der Waals surface area contributed by atoms with Gasteiger partial charge in [-0.15, -0.1) is 0 Å². The first-order valence-corrected chi connectivity index (χ1v) is 8.27. The van der Waals surface area contributed by atoms with Gasteiger partial charge in [-0.3, -0.25) is 0 Å². The summed E-state index contributed by atoms with van der Waals surface area (Å²) >= 11 is 1.59. The van der Waals surface area contributed by atoms with E-state index in [2.05, 4.69) is 24.1 Å². The van der Waals surface area contributed by atoms with Crippen molar-refractivity contribution in [2.75, 3.05) is 11.9 Å². The van der Waals surface area contributed by atoms with E-state index in [0.717, 1.165) is 27.8 Å². The summed E-state index contributed by atoms with van der Waals surface area (Å²) in [5, 5.41) is 4.23. The molecule has 1 aromatic heterocycles. The first-order valence-electron chi connectivity index (χ1n) is 7.45. The Bertz CT molecular complexity index is 536. The van der Waals surface area contributed by atoms with Crippen molar-refractivity contribution in [2.24, 2.45) is 5.92 Å². The van der Waals surface area contributed by atoms with Crippen LogP contribution in [0.3, 0.4) is 0 Å². The molecule has 0 radical (unpaired) electrons. The number of benzene rings is 1. The summed E-state index contributed by atoms with van der Waals surface area (Å²) in [5.41, 5.74) is 0.745. The van der Waals surface area contributed by atoms with E-state index in [0.29, 0.717) is 0 Å². The maximum atomic E-state index is 13.1. The van der Waals surface area contributed by atoms with Gasteiger partial charge in [0.05, 0.1) is 10.2 Å². The minimum absolute atomic E-state index is 0.223. The van der Waals surface area contributed by atoms with E-state index >= 15 is 0 Å². The summed E-state index contributed by atoms with van der Waals surface area (Å²) in [6.45, 7) is 5.50. The summed E-state index contributed by atoms with van der Waals surface area (Å²) in [7, 11) is 0. The Kier molecular flexibility index (Phi) is 5.77. The van der Waals surface area contributed by atoms with Crippen LogP contribution in [0.1, 0.15) is 46.0 Å². The van der Waals surface area contributed by atoms with Gasteiger partial charge in [0.1, 0.15) is 5.82 Å². The number of nitrogens with zero attached hydrogens (tertiary/aromatic N) is 1. The molecule has 20 heavy (non-hydrogen) atoms. The highest BCUT2D eigenvalue weighted by Crippen LogP contribution is 2.26. The summed E-state index contributed by atoms with van der Waals surface area (Å²) in [5.74, 6) is 0.593. The molecule has 1 aromatic carbocycles. The number of fused-ring (bicyclic) bond motifs is 1. The van der Waals surface area contributed by atoms with Gasteiger partial charge in [-0.2, -0.15) is 0 Å². The largest absolute Gasteiger partial charge is 0.361 e. The summed E-state index contributed by atoms with van der Waals surface area (Å²) in [4.78, 5) is 4.40. The number of hydrogen-bond acceptors (Lipinski definition) is 3. The van der Waals surface area contributed by atoms with Crippen LogP contribution in [0.25, 0.3) is 10.2 Å². The Hall–Kier alpha value is -1.16. The third-order valence-electron chi connectivity index (χ3n) is 3.33. The quantitative estimate of drug-likeness (QED) is 0.654. The van der Waals surface area contributed by atoms with Crippen LogP contribution in [0.4, 0.5) is 9.52 Å². The Morgan fingerprint density at radius 2 is 2.00 bits per heavy atom. The zero-order valence-electron chi connectivity index (χ0n) is 12.3. The number of halogens is 1. The van der Waals surface area contributed by atoms with Crippen molar-refractivity contribution >= 4 is 26.7 Å². The highest BCUT2D eigenvalue weighted by Gasteiger charge is 2.04. The standard InChI is InChI=1S/C16H23FN2S/c1-12(2)7-5-3-4-6-10-18-16-19-14-11-13(17)8-9-15(14)20-16/h8-9,11-12H,3-7,10H2,1-2H3,(H,18,19). The molecule has 0 saturated carbocycles. The lowest BCUT2D eigenvalue weighted by Gasteiger charge is -2.04. The normalized spacial score (nSPS) is 11.4. The van der Waals surface area contributed by atoms with Gasteiger partial charge in [0.25, 0.3) is 0 Å².